The highest BCUT2D eigenvalue weighted by Gasteiger charge is 2.12. The number of methoxy groups -OCH3 is 1. The molecule has 0 atom stereocenters. The van der Waals surface area contributed by atoms with Crippen molar-refractivity contribution in [2.24, 2.45) is 0 Å². The van der Waals surface area contributed by atoms with Crippen molar-refractivity contribution in [3.8, 4) is 0 Å². The van der Waals surface area contributed by atoms with E-state index in [1.54, 1.807) is 24.2 Å². The summed E-state index contributed by atoms with van der Waals surface area (Å²) in [5.41, 5.74) is 6.37. The molecule has 0 aliphatic heterocycles. The molecule has 2 aromatic rings. The first-order valence-electron chi connectivity index (χ1n) is 5.84. The number of hydrogen-bond donors (Lipinski definition) is 2. The monoisotopic (exact) mass is 295 g/mol. The number of carbonyl (C=O) groups excluding carboxylic acids is 1. The summed E-state index contributed by atoms with van der Waals surface area (Å²) in [5.74, 6) is -0.134. The van der Waals surface area contributed by atoms with Crippen LogP contribution >= 0.6 is 11.6 Å². The summed E-state index contributed by atoms with van der Waals surface area (Å²) in [6.45, 7) is 1.15. The van der Waals surface area contributed by atoms with Crippen LogP contribution in [0.4, 0.5) is 11.5 Å². The number of nitrogens with two attached hydrogens (primary N) is 1. The fourth-order valence-corrected chi connectivity index (χ4v) is 1.75. The van der Waals surface area contributed by atoms with Gasteiger partial charge in [0.2, 0.25) is 0 Å². The number of aromatic nitrogens is 3. The molecule has 3 N–H and O–H groups in total. The molecule has 0 spiro atoms. The minimum absolute atomic E-state index is 0.232. The predicted molar refractivity (Wildman–Crippen MR) is 75.7 cm³/mol. The van der Waals surface area contributed by atoms with Crippen LogP contribution in [0.25, 0.3) is 0 Å². The molecule has 0 saturated carbocycles. The van der Waals surface area contributed by atoms with Gasteiger partial charge in [-0.15, -0.1) is 0 Å². The fourth-order valence-electron chi connectivity index (χ4n) is 1.56. The number of rotatable bonds is 5. The molecule has 0 fully saturated rings. The van der Waals surface area contributed by atoms with Crippen molar-refractivity contribution < 1.29 is 9.53 Å². The third-order valence-corrected chi connectivity index (χ3v) is 2.84. The van der Waals surface area contributed by atoms with Crippen molar-refractivity contribution in [3.05, 3.63) is 35.2 Å². The van der Waals surface area contributed by atoms with Gasteiger partial charge in [0.05, 0.1) is 35.6 Å². The van der Waals surface area contributed by atoms with Gasteiger partial charge >= 0.3 is 0 Å². The zero-order chi connectivity index (χ0) is 14.5. The molecule has 1 amide bonds. The molecule has 0 aliphatic rings. The molecule has 2 rings (SSSR count). The third kappa shape index (κ3) is 3.46. The lowest BCUT2D eigenvalue weighted by Crippen LogP contribution is -2.13. The third-order valence-electron chi connectivity index (χ3n) is 2.54. The van der Waals surface area contributed by atoms with Crippen LogP contribution in [-0.4, -0.2) is 34.4 Å². The molecule has 0 unspecified atom stereocenters. The van der Waals surface area contributed by atoms with Gasteiger partial charge in [0.1, 0.15) is 5.82 Å². The Hall–Kier alpha value is -2.12. The summed E-state index contributed by atoms with van der Waals surface area (Å²) < 4.78 is 6.62. The number of nitrogens with one attached hydrogen (secondary N) is 1. The average molecular weight is 296 g/mol. The highest BCUT2D eigenvalue weighted by atomic mass is 35.5. The van der Waals surface area contributed by atoms with E-state index in [1.165, 1.54) is 12.3 Å². The summed E-state index contributed by atoms with van der Waals surface area (Å²) in [7, 11) is 1.61. The van der Waals surface area contributed by atoms with Gasteiger partial charge in [-0.05, 0) is 6.07 Å². The summed E-state index contributed by atoms with van der Waals surface area (Å²) >= 11 is 5.91. The van der Waals surface area contributed by atoms with E-state index in [2.05, 4.69) is 15.4 Å². The number of ether oxygens (including phenoxy) is 1. The molecular weight excluding hydrogens is 282 g/mol. The lowest BCUT2D eigenvalue weighted by Gasteiger charge is -2.05. The van der Waals surface area contributed by atoms with E-state index in [0.29, 0.717) is 18.8 Å². The van der Waals surface area contributed by atoms with Crippen LogP contribution in [0.2, 0.25) is 5.02 Å². The Balaban J connectivity index is 2.07. The van der Waals surface area contributed by atoms with Gasteiger partial charge < -0.3 is 15.8 Å². The van der Waals surface area contributed by atoms with Crippen molar-refractivity contribution in [2.75, 3.05) is 24.8 Å². The van der Waals surface area contributed by atoms with E-state index in [0.717, 1.165) is 0 Å². The number of hydrogen-bond acceptors (Lipinski definition) is 5. The zero-order valence-corrected chi connectivity index (χ0v) is 11.6. The fraction of sp³-hybridized carbons (Fsp3) is 0.250. The molecule has 2 aromatic heterocycles. The van der Waals surface area contributed by atoms with Crippen molar-refractivity contribution in [1.82, 2.24) is 14.8 Å². The second-order valence-corrected chi connectivity index (χ2v) is 4.44. The molecule has 8 heteroatoms. The quantitative estimate of drug-likeness (QED) is 0.869. The number of carbonyl (C=O) groups is 1. The van der Waals surface area contributed by atoms with Crippen LogP contribution < -0.4 is 11.1 Å². The largest absolute Gasteiger partial charge is 0.384 e. The maximum absolute atomic E-state index is 12.1. The highest BCUT2D eigenvalue weighted by Crippen LogP contribution is 2.18. The number of anilines is 2. The Bertz CT molecular complexity index is 614. The Morgan fingerprint density at radius 2 is 2.35 bits per heavy atom. The first kappa shape index (κ1) is 14.3. The Morgan fingerprint density at radius 3 is 3.10 bits per heavy atom. The predicted octanol–water partition coefficient (Wildman–Crippen LogP) is 1.41. The van der Waals surface area contributed by atoms with Gasteiger partial charge in [-0.3, -0.25) is 9.48 Å². The molecule has 20 heavy (non-hydrogen) atoms. The van der Waals surface area contributed by atoms with E-state index in [4.69, 9.17) is 22.1 Å². The second kappa shape index (κ2) is 6.36. The maximum Gasteiger partial charge on any atom is 0.257 e. The summed E-state index contributed by atoms with van der Waals surface area (Å²) in [6.07, 6.45) is 4.59. The normalized spacial score (nSPS) is 10.5. The van der Waals surface area contributed by atoms with Crippen LogP contribution in [0.3, 0.4) is 0 Å². The summed E-state index contributed by atoms with van der Waals surface area (Å²) in [4.78, 5) is 15.9. The molecule has 0 aromatic carbocycles. The molecule has 0 aliphatic carbocycles. The Morgan fingerprint density at radius 1 is 1.55 bits per heavy atom. The molecule has 2 heterocycles. The number of amides is 1. The van der Waals surface area contributed by atoms with Crippen molar-refractivity contribution in [1.29, 1.82) is 0 Å². The summed E-state index contributed by atoms with van der Waals surface area (Å²) in [6, 6.07) is 1.42. The smallest absolute Gasteiger partial charge is 0.257 e. The Labute approximate surface area is 120 Å². The lowest BCUT2D eigenvalue weighted by molar-refractivity contribution is 0.102. The first-order valence-corrected chi connectivity index (χ1v) is 6.21. The number of halogens is 1. The maximum atomic E-state index is 12.1. The lowest BCUT2D eigenvalue weighted by atomic mass is 10.2. The van der Waals surface area contributed by atoms with Gasteiger partial charge in [0.15, 0.2) is 0 Å². The van der Waals surface area contributed by atoms with E-state index >= 15 is 0 Å². The van der Waals surface area contributed by atoms with Gasteiger partial charge in [0.25, 0.3) is 5.91 Å². The average Bonchev–Trinajstić information content (AvgIpc) is 2.86. The number of nitrogens with zero attached hydrogens (tertiary/aromatic N) is 3. The Kier molecular flexibility index (Phi) is 4.54. The van der Waals surface area contributed by atoms with Gasteiger partial charge in [-0.25, -0.2) is 4.98 Å². The topological polar surface area (TPSA) is 95.1 Å². The molecule has 0 radical (unpaired) electrons. The van der Waals surface area contributed by atoms with Crippen LogP contribution in [0.1, 0.15) is 10.4 Å². The van der Waals surface area contributed by atoms with Gasteiger partial charge in [0, 0.05) is 19.5 Å². The van der Waals surface area contributed by atoms with E-state index < -0.39 is 0 Å². The minimum atomic E-state index is -0.365. The van der Waals surface area contributed by atoms with Crippen molar-refractivity contribution >= 4 is 29.0 Å². The van der Waals surface area contributed by atoms with Crippen LogP contribution in [0, 0.1) is 0 Å². The van der Waals surface area contributed by atoms with E-state index in [1.807, 2.05) is 0 Å². The van der Waals surface area contributed by atoms with E-state index in [-0.39, 0.29) is 22.3 Å². The molecule has 7 nitrogen and oxygen atoms in total. The van der Waals surface area contributed by atoms with E-state index in [9.17, 15) is 4.79 Å². The molecule has 0 saturated heterocycles. The molecular formula is C12H14ClN5O2. The number of nitrogen functional groups attached to an aromatic ring is 1. The standard InChI is InChI=1S/C12H14ClN5O2/c1-20-3-2-18-7-8(5-16-18)17-12(19)9-4-11(14)15-6-10(9)13/h4-7H,2-3H2,1H3,(H2,14,15)(H,17,19). The second-order valence-electron chi connectivity index (χ2n) is 4.03. The van der Waals surface area contributed by atoms with Crippen molar-refractivity contribution in [2.45, 2.75) is 6.54 Å². The molecule has 106 valence electrons. The van der Waals surface area contributed by atoms with Gasteiger partial charge in [-0.1, -0.05) is 11.6 Å². The number of pyridine rings is 1. The van der Waals surface area contributed by atoms with Crippen LogP contribution in [-0.2, 0) is 11.3 Å². The van der Waals surface area contributed by atoms with Crippen LogP contribution in [0.5, 0.6) is 0 Å². The van der Waals surface area contributed by atoms with Gasteiger partial charge in [-0.2, -0.15) is 5.10 Å². The summed E-state index contributed by atoms with van der Waals surface area (Å²) in [5, 5.41) is 7.02. The highest BCUT2D eigenvalue weighted by molar-refractivity contribution is 6.34. The zero-order valence-electron chi connectivity index (χ0n) is 10.8. The minimum Gasteiger partial charge on any atom is -0.384 e. The van der Waals surface area contributed by atoms with Crippen molar-refractivity contribution in [3.63, 3.8) is 0 Å². The van der Waals surface area contributed by atoms with Crippen LogP contribution in [0.15, 0.2) is 24.7 Å². The first-order chi connectivity index (χ1) is 9.60. The molecule has 0 bridgehead atoms. The SMILES string of the molecule is COCCn1cc(NC(=O)c2cc(N)ncc2Cl)cn1.